The van der Waals surface area contributed by atoms with Crippen molar-refractivity contribution in [2.75, 3.05) is 29.1 Å². The molecule has 140 valence electrons. The Morgan fingerprint density at radius 2 is 1.89 bits per heavy atom. The molecule has 3 saturated carbocycles. The lowest BCUT2D eigenvalue weighted by Crippen LogP contribution is -2.63. The molecule has 1 aromatic heterocycles. The van der Waals surface area contributed by atoms with E-state index in [1.54, 1.807) is 0 Å². The number of nitrogens with one attached hydrogen (secondary N) is 1. The van der Waals surface area contributed by atoms with Crippen molar-refractivity contribution < 1.29 is 8.94 Å². The molecule has 2 aliphatic heterocycles. The monoisotopic (exact) mass is 384 g/mol. The van der Waals surface area contributed by atoms with Gasteiger partial charge in [-0.3, -0.25) is 0 Å². The number of benzene rings is 1. The lowest BCUT2D eigenvalue weighted by atomic mass is 9.50. The lowest BCUT2D eigenvalue weighted by molar-refractivity contribution is 0.00158. The van der Waals surface area contributed by atoms with Gasteiger partial charge in [0.1, 0.15) is 17.3 Å². The average Bonchev–Trinajstić information content (AvgIpc) is 2.91. The van der Waals surface area contributed by atoms with Crippen molar-refractivity contribution in [3.8, 4) is 0 Å². The van der Waals surface area contributed by atoms with Crippen LogP contribution in [0.5, 0.6) is 0 Å². The van der Waals surface area contributed by atoms with Crippen LogP contribution in [0.3, 0.4) is 0 Å². The van der Waals surface area contributed by atoms with E-state index in [1.807, 2.05) is 12.1 Å². The van der Waals surface area contributed by atoms with Crippen LogP contribution in [0, 0.1) is 11.7 Å². The normalized spacial score (nSPS) is 31.0. The summed E-state index contributed by atoms with van der Waals surface area (Å²) in [6.45, 7) is 1.67. The van der Waals surface area contributed by atoms with Gasteiger partial charge >= 0.3 is 0 Å². The molecule has 5 nitrogen and oxygen atoms in total. The Balaban J connectivity index is 1.25. The molecule has 0 spiro atoms. The van der Waals surface area contributed by atoms with Crippen molar-refractivity contribution in [2.45, 2.75) is 42.0 Å². The largest absolute Gasteiger partial charge is 0.611 e. The fourth-order valence-electron chi connectivity index (χ4n) is 4.88. The molecule has 7 heteroatoms. The molecule has 7 rings (SSSR count). The topological polar surface area (TPSA) is 64.1 Å². The van der Waals surface area contributed by atoms with Gasteiger partial charge in [-0.05, 0) is 54.1 Å². The highest BCUT2D eigenvalue weighted by Crippen LogP contribution is 2.59. The van der Waals surface area contributed by atoms with Crippen molar-refractivity contribution in [3.05, 3.63) is 41.3 Å². The molecular formula is C20H21FN4OS. The fraction of sp³-hybridized carbons (Fsp3) is 0.500. The summed E-state index contributed by atoms with van der Waals surface area (Å²) in [6.07, 6.45) is 4.40. The van der Waals surface area contributed by atoms with E-state index in [1.165, 1.54) is 31.4 Å². The van der Waals surface area contributed by atoms with Crippen LogP contribution in [-0.4, -0.2) is 38.9 Å². The highest BCUT2D eigenvalue weighted by molar-refractivity contribution is 7.91. The number of aryl methyl sites for hydroxylation is 1. The number of rotatable bonds is 4. The summed E-state index contributed by atoms with van der Waals surface area (Å²) in [4.78, 5) is 12.5. The Bertz CT molecular complexity index is 898. The van der Waals surface area contributed by atoms with Gasteiger partial charge < -0.3 is 14.8 Å². The first-order valence-corrected chi connectivity index (χ1v) is 11.0. The van der Waals surface area contributed by atoms with Crippen molar-refractivity contribution in [1.29, 1.82) is 0 Å². The highest BCUT2D eigenvalue weighted by atomic mass is 32.2. The number of fused-ring (bicyclic) bond motifs is 1. The number of hydrogen-bond acceptors (Lipinski definition) is 5. The SMILES string of the molecule is [O-][S@+]1CCc2nc(N3CC(c4ccc(F)cc4)C3)nc(NC34CC(C3)C4)c21. The number of halogens is 1. The van der Waals surface area contributed by atoms with Crippen LogP contribution < -0.4 is 10.2 Å². The molecule has 3 heterocycles. The van der Waals surface area contributed by atoms with Crippen molar-refractivity contribution in [3.63, 3.8) is 0 Å². The summed E-state index contributed by atoms with van der Waals surface area (Å²) >= 11 is -0.991. The van der Waals surface area contributed by atoms with Gasteiger partial charge in [-0.25, -0.2) is 9.37 Å². The number of nitrogens with zero attached hydrogens (tertiary/aromatic N) is 3. The minimum absolute atomic E-state index is 0.197. The molecule has 0 radical (unpaired) electrons. The van der Waals surface area contributed by atoms with E-state index in [-0.39, 0.29) is 11.4 Å². The first-order chi connectivity index (χ1) is 13.1. The van der Waals surface area contributed by atoms with E-state index in [4.69, 9.17) is 9.97 Å². The van der Waals surface area contributed by atoms with Gasteiger partial charge in [0.2, 0.25) is 10.8 Å². The molecule has 1 aromatic carbocycles. The van der Waals surface area contributed by atoms with Gasteiger partial charge in [-0.1, -0.05) is 12.1 Å². The van der Waals surface area contributed by atoms with Crippen LogP contribution in [0.15, 0.2) is 29.2 Å². The lowest BCUT2D eigenvalue weighted by Gasteiger charge is -2.62. The van der Waals surface area contributed by atoms with Crippen molar-refractivity contribution in [2.24, 2.45) is 5.92 Å². The van der Waals surface area contributed by atoms with Crippen LogP contribution in [-0.2, 0) is 17.6 Å². The second kappa shape index (κ2) is 5.58. The van der Waals surface area contributed by atoms with E-state index >= 15 is 0 Å². The van der Waals surface area contributed by atoms with Crippen LogP contribution in [0.2, 0.25) is 0 Å². The molecule has 4 fully saturated rings. The standard InChI is InChI=1S/C20H21FN4OS/c21-15-3-1-13(2-4-15)14-10-25(11-14)19-22-16-5-6-27(26)17(16)18(23-19)24-20-7-12(8-20)9-20/h1-4,12,14H,5-11H2,(H,22,23,24)/t12?,20?,27-/m1/s1. The number of hydrogen-bond donors (Lipinski definition) is 1. The molecule has 3 aliphatic carbocycles. The van der Waals surface area contributed by atoms with Crippen LogP contribution >= 0.6 is 0 Å². The first-order valence-electron chi connectivity index (χ1n) is 9.66. The molecule has 5 aliphatic rings. The summed E-state index contributed by atoms with van der Waals surface area (Å²) in [5.74, 6) is 3.24. The van der Waals surface area contributed by atoms with Gasteiger partial charge in [0.05, 0.1) is 0 Å². The smallest absolute Gasteiger partial charge is 0.227 e. The predicted molar refractivity (Wildman–Crippen MR) is 102 cm³/mol. The van der Waals surface area contributed by atoms with Crippen LogP contribution in [0.25, 0.3) is 0 Å². The van der Waals surface area contributed by atoms with Gasteiger partial charge in [0.25, 0.3) is 0 Å². The van der Waals surface area contributed by atoms with Gasteiger partial charge in [0, 0.05) is 31.0 Å². The maximum absolute atomic E-state index is 13.1. The van der Waals surface area contributed by atoms with Crippen LogP contribution in [0.4, 0.5) is 16.2 Å². The molecular weight excluding hydrogens is 363 g/mol. The molecule has 0 unspecified atom stereocenters. The zero-order chi connectivity index (χ0) is 18.2. The maximum Gasteiger partial charge on any atom is 0.227 e. The summed E-state index contributed by atoms with van der Waals surface area (Å²) in [5.41, 5.74) is 2.29. The highest BCUT2D eigenvalue weighted by Gasteiger charge is 2.57. The first kappa shape index (κ1) is 16.1. The minimum Gasteiger partial charge on any atom is -0.611 e. The quantitative estimate of drug-likeness (QED) is 0.822. The molecule has 0 amide bonds. The van der Waals surface area contributed by atoms with Crippen molar-refractivity contribution in [1.82, 2.24) is 9.97 Å². The molecule has 1 saturated heterocycles. The Labute approximate surface area is 160 Å². The minimum atomic E-state index is -0.991. The summed E-state index contributed by atoms with van der Waals surface area (Å²) < 4.78 is 25.6. The second-order valence-electron chi connectivity index (χ2n) is 8.48. The molecule has 2 aromatic rings. The molecule has 1 atom stereocenters. The third-order valence-electron chi connectivity index (χ3n) is 6.60. The Kier molecular flexibility index (Phi) is 3.33. The van der Waals surface area contributed by atoms with Crippen LogP contribution in [0.1, 0.15) is 36.4 Å². The molecule has 1 N–H and O–H groups in total. The van der Waals surface area contributed by atoms with E-state index < -0.39 is 11.2 Å². The van der Waals surface area contributed by atoms with Gasteiger partial charge in [-0.15, -0.1) is 0 Å². The zero-order valence-corrected chi connectivity index (χ0v) is 15.8. The Hall–Kier alpha value is -1.86. The third-order valence-corrected chi connectivity index (χ3v) is 8.06. The number of aromatic nitrogens is 2. The van der Waals surface area contributed by atoms with Gasteiger partial charge in [0.15, 0.2) is 5.82 Å². The zero-order valence-electron chi connectivity index (χ0n) is 14.9. The van der Waals surface area contributed by atoms with E-state index in [0.717, 1.165) is 53.3 Å². The van der Waals surface area contributed by atoms with E-state index in [9.17, 15) is 8.94 Å². The van der Waals surface area contributed by atoms with Gasteiger partial charge in [-0.2, -0.15) is 4.98 Å². The molecule has 2 bridgehead atoms. The van der Waals surface area contributed by atoms with E-state index in [2.05, 4.69) is 10.2 Å². The Morgan fingerprint density at radius 1 is 1.15 bits per heavy atom. The predicted octanol–water partition coefficient (Wildman–Crippen LogP) is 2.85. The summed E-state index contributed by atoms with van der Waals surface area (Å²) in [7, 11) is 0. The summed E-state index contributed by atoms with van der Waals surface area (Å²) in [5, 5.41) is 3.63. The van der Waals surface area contributed by atoms with E-state index in [0.29, 0.717) is 11.7 Å². The maximum atomic E-state index is 13.1. The molecule has 27 heavy (non-hydrogen) atoms. The Morgan fingerprint density at radius 3 is 2.56 bits per heavy atom. The summed E-state index contributed by atoms with van der Waals surface area (Å²) in [6, 6.07) is 6.76. The average molecular weight is 384 g/mol. The third kappa shape index (κ3) is 2.48. The van der Waals surface area contributed by atoms with Crippen molar-refractivity contribution >= 4 is 22.9 Å². The fourth-order valence-corrected chi connectivity index (χ4v) is 6.19. The number of anilines is 2. The second-order valence-corrected chi connectivity index (χ2v) is 9.99.